The molecule has 1 atom stereocenters. The highest BCUT2D eigenvalue weighted by Crippen LogP contribution is 2.31. The maximum atomic E-state index is 12.1. The molecule has 0 radical (unpaired) electrons. The maximum absolute atomic E-state index is 12.1. The van der Waals surface area contributed by atoms with Gasteiger partial charge in [0.25, 0.3) is 10.0 Å². The Balaban J connectivity index is 2.37. The number of carboxylic acids is 1. The van der Waals surface area contributed by atoms with Gasteiger partial charge in [0.05, 0.1) is 5.69 Å². The highest BCUT2D eigenvalue weighted by molar-refractivity contribution is 8.15. The van der Waals surface area contributed by atoms with Gasteiger partial charge in [0.15, 0.2) is 5.17 Å². The van der Waals surface area contributed by atoms with E-state index in [1.165, 1.54) is 6.92 Å². The first-order valence-corrected chi connectivity index (χ1v) is 8.30. The van der Waals surface area contributed by atoms with E-state index in [2.05, 4.69) is 9.71 Å². The first-order valence-electron chi connectivity index (χ1n) is 5.98. The fourth-order valence-corrected chi connectivity index (χ4v) is 3.80. The molecular formula is C12H14N2O4S2. The molecule has 1 heterocycles. The van der Waals surface area contributed by atoms with Crippen LogP contribution in [-0.2, 0) is 21.2 Å². The maximum Gasteiger partial charge on any atom is 0.316 e. The molecule has 20 heavy (non-hydrogen) atoms. The van der Waals surface area contributed by atoms with E-state index in [0.717, 1.165) is 23.7 Å². The molecule has 0 spiro atoms. The number of aryl methyl sites for hydroxylation is 1. The second-order valence-electron chi connectivity index (χ2n) is 4.28. The van der Waals surface area contributed by atoms with Crippen LogP contribution >= 0.6 is 11.8 Å². The molecule has 2 rings (SSSR count). The molecule has 8 heteroatoms. The largest absolute Gasteiger partial charge is 0.480 e. The number of aliphatic carboxylic acids is 1. The summed E-state index contributed by atoms with van der Waals surface area (Å²) >= 11 is 0.865. The molecule has 0 saturated heterocycles. The number of amidine groups is 1. The van der Waals surface area contributed by atoms with E-state index in [1.807, 2.05) is 13.0 Å². The highest BCUT2D eigenvalue weighted by Gasteiger charge is 2.27. The minimum atomic E-state index is -3.78. The number of fused-ring (bicyclic) bond motifs is 1. The zero-order valence-electron chi connectivity index (χ0n) is 11.0. The number of benzene rings is 1. The minimum absolute atomic E-state index is 0.0802. The van der Waals surface area contributed by atoms with Crippen molar-refractivity contribution in [2.75, 3.05) is 5.32 Å². The van der Waals surface area contributed by atoms with Crippen molar-refractivity contribution in [2.24, 2.45) is 4.40 Å². The number of nitrogens with one attached hydrogen (secondary N) is 1. The molecular weight excluding hydrogens is 300 g/mol. The Morgan fingerprint density at radius 1 is 1.50 bits per heavy atom. The second kappa shape index (κ2) is 5.45. The van der Waals surface area contributed by atoms with Crippen LogP contribution in [0.1, 0.15) is 19.4 Å². The quantitative estimate of drug-likeness (QED) is 0.885. The van der Waals surface area contributed by atoms with Gasteiger partial charge in [-0.2, -0.15) is 8.42 Å². The number of nitrogens with zero attached hydrogens (tertiary/aromatic N) is 1. The van der Waals surface area contributed by atoms with Gasteiger partial charge < -0.3 is 10.4 Å². The van der Waals surface area contributed by atoms with Gasteiger partial charge in [-0.1, -0.05) is 24.8 Å². The Labute approximate surface area is 121 Å². The van der Waals surface area contributed by atoms with E-state index in [9.17, 15) is 13.2 Å². The van der Waals surface area contributed by atoms with Crippen LogP contribution in [0.15, 0.2) is 27.5 Å². The predicted octanol–water partition coefficient (Wildman–Crippen LogP) is 1.93. The zero-order chi connectivity index (χ0) is 14.9. The first-order chi connectivity index (χ1) is 9.33. The van der Waals surface area contributed by atoms with Gasteiger partial charge in [-0.15, -0.1) is 4.40 Å². The molecule has 1 aliphatic rings. The van der Waals surface area contributed by atoms with Crippen molar-refractivity contribution < 1.29 is 18.3 Å². The van der Waals surface area contributed by atoms with Crippen LogP contribution in [0.5, 0.6) is 0 Å². The molecule has 1 aliphatic heterocycles. The molecule has 108 valence electrons. The molecule has 1 aromatic rings. The van der Waals surface area contributed by atoms with Gasteiger partial charge in [0.1, 0.15) is 10.1 Å². The Morgan fingerprint density at radius 2 is 2.20 bits per heavy atom. The van der Waals surface area contributed by atoms with Crippen LogP contribution in [0.3, 0.4) is 0 Å². The normalized spacial score (nSPS) is 17.6. The number of thioether (sulfide) groups is 1. The molecule has 0 saturated carbocycles. The van der Waals surface area contributed by atoms with Crippen LogP contribution in [0.2, 0.25) is 0 Å². The summed E-state index contributed by atoms with van der Waals surface area (Å²) in [7, 11) is -3.78. The van der Waals surface area contributed by atoms with Gasteiger partial charge >= 0.3 is 5.97 Å². The van der Waals surface area contributed by atoms with Gasteiger partial charge in [-0.05, 0) is 31.0 Å². The SMILES string of the molecule is CCc1ccc2c(c1)S(=O)(=O)N=C(SC(C)C(=O)O)N2. The van der Waals surface area contributed by atoms with Gasteiger partial charge in [-0.25, -0.2) is 0 Å². The first kappa shape index (κ1) is 14.9. The smallest absolute Gasteiger partial charge is 0.316 e. The fraction of sp³-hybridized carbons (Fsp3) is 0.333. The van der Waals surface area contributed by atoms with E-state index in [1.54, 1.807) is 12.1 Å². The summed E-state index contributed by atoms with van der Waals surface area (Å²) < 4.78 is 27.9. The van der Waals surface area contributed by atoms with Crippen molar-refractivity contribution in [3.63, 3.8) is 0 Å². The van der Waals surface area contributed by atoms with E-state index < -0.39 is 21.2 Å². The van der Waals surface area contributed by atoms with E-state index in [4.69, 9.17) is 5.11 Å². The van der Waals surface area contributed by atoms with Crippen molar-refractivity contribution in [3.8, 4) is 0 Å². The molecule has 0 amide bonds. The van der Waals surface area contributed by atoms with E-state index >= 15 is 0 Å². The monoisotopic (exact) mass is 314 g/mol. The topological polar surface area (TPSA) is 95.8 Å². The Hall–Kier alpha value is -1.54. The van der Waals surface area contributed by atoms with Crippen LogP contribution in [-0.4, -0.2) is 29.9 Å². The lowest BCUT2D eigenvalue weighted by molar-refractivity contribution is -0.136. The lowest BCUT2D eigenvalue weighted by atomic mass is 10.1. The Bertz CT molecular complexity index is 683. The molecule has 2 N–H and O–H groups in total. The standard InChI is InChI=1S/C12H14N2O4S2/c1-3-8-4-5-9-10(6-8)20(17,18)14-12(13-9)19-7(2)11(15)16/h4-7H,3H2,1-2H3,(H,13,14)(H,15,16). The van der Waals surface area contributed by atoms with Crippen molar-refractivity contribution in [3.05, 3.63) is 23.8 Å². The number of carbonyl (C=O) groups is 1. The number of carboxylic acid groups (broad SMARTS) is 1. The van der Waals surface area contributed by atoms with Crippen LogP contribution in [0.4, 0.5) is 5.69 Å². The second-order valence-corrected chi connectivity index (χ2v) is 7.18. The summed E-state index contributed by atoms with van der Waals surface area (Å²) in [5, 5.41) is 11.0. The molecule has 0 aliphatic carbocycles. The molecule has 0 bridgehead atoms. The Morgan fingerprint density at radius 3 is 2.80 bits per heavy atom. The highest BCUT2D eigenvalue weighted by atomic mass is 32.2. The zero-order valence-corrected chi connectivity index (χ0v) is 12.6. The number of anilines is 1. The average molecular weight is 314 g/mol. The third kappa shape index (κ3) is 2.96. The van der Waals surface area contributed by atoms with Crippen LogP contribution in [0.25, 0.3) is 0 Å². The summed E-state index contributed by atoms with van der Waals surface area (Å²) in [6.45, 7) is 3.41. The lowest BCUT2D eigenvalue weighted by Crippen LogP contribution is -2.23. The van der Waals surface area contributed by atoms with Crippen molar-refractivity contribution >= 4 is 38.6 Å². The van der Waals surface area contributed by atoms with Crippen LogP contribution < -0.4 is 5.32 Å². The summed E-state index contributed by atoms with van der Waals surface area (Å²) in [5.74, 6) is -1.02. The lowest BCUT2D eigenvalue weighted by Gasteiger charge is -2.19. The summed E-state index contributed by atoms with van der Waals surface area (Å²) in [5.41, 5.74) is 1.33. The number of hydrogen-bond acceptors (Lipinski definition) is 5. The van der Waals surface area contributed by atoms with E-state index in [0.29, 0.717) is 5.69 Å². The molecule has 0 fully saturated rings. The van der Waals surface area contributed by atoms with Gasteiger partial charge in [0, 0.05) is 0 Å². The van der Waals surface area contributed by atoms with Gasteiger partial charge in [0.2, 0.25) is 0 Å². The van der Waals surface area contributed by atoms with E-state index in [-0.39, 0.29) is 10.1 Å². The third-order valence-electron chi connectivity index (χ3n) is 2.81. The van der Waals surface area contributed by atoms with Crippen molar-refractivity contribution in [1.82, 2.24) is 0 Å². The van der Waals surface area contributed by atoms with Crippen molar-refractivity contribution in [2.45, 2.75) is 30.4 Å². The van der Waals surface area contributed by atoms with Crippen molar-refractivity contribution in [1.29, 1.82) is 0 Å². The number of sulfonamides is 1. The molecule has 6 nitrogen and oxygen atoms in total. The van der Waals surface area contributed by atoms with Crippen LogP contribution in [0, 0.1) is 0 Å². The number of hydrogen-bond donors (Lipinski definition) is 2. The van der Waals surface area contributed by atoms with Gasteiger partial charge in [-0.3, -0.25) is 4.79 Å². The summed E-state index contributed by atoms with van der Waals surface area (Å²) in [6.07, 6.45) is 0.726. The summed E-state index contributed by atoms with van der Waals surface area (Å²) in [4.78, 5) is 10.9. The predicted molar refractivity (Wildman–Crippen MR) is 78.8 cm³/mol. The third-order valence-corrected chi connectivity index (χ3v) is 5.22. The average Bonchev–Trinajstić information content (AvgIpc) is 2.37. The molecule has 0 aromatic heterocycles. The molecule has 1 aromatic carbocycles. The fourth-order valence-electron chi connectivity index (χ4n) is 1.67. The minimum Gasteiger partial charge on any atom is -0.480 e. The Kier molecular flexibility index (Phi) is 4.05. The number of rotatable bonds is 3. The molecule has 1 unspecified atom stereocenters. The summed E-state index contributed by atoms with van der Waals surface area (Å²) in [6, 6.07) is 5.09.